The third-order valence-electron chi connectivity index (χ3n) is 2.57. The number of carbonyl (C=O) groups is 2. The summed E-state index contributed by atoms with van der Waals surface area (Å²) in [5.41, 5.74) is 5.75. The summed E-state index contributed by atoms with van der Waals surface area (Å²) < 4.78 is 0. The van der Waals surface area contributed by atoms with Gasteiger partial charge in [0.05, 0.1) is 0 Å². The van der Waals surface area contributed by atoms with Crippen LogP contribution in [0, 0.1) is 0 Å². The topological polar surface area (TPSA) is 64.4 Å². The van der Waals surface area contributed by atoms with Crippen molar-refractivity contribution in [1.29, 1.82) is 0 Å². The molecule has 1 N–H and O–H groups in total. The van der Waals surface area contributed by atoms with E-state index in [0.717, 1.165) is 32.5 Å². The van der Waals surface area contributed by atoms with Gasteiger partial charge in [0.2, 0.25) is 5.91 Å². The average Bonchev–Trinajstić information content (AvgIpc) is 2.33. The molecule has 1 amide bonds. The summed E-state index contributed by atoms with van der Waals surface area (Å²) in [5.74, 6) is 0.194. The maximum absolute atomic E-state index is 11.6. The fourth-order valence-electron chi connectivity index (χ4n) is 1.55. The van der Waals surface area contributed by atoms with Crippen molar-refractivity contribution < 1.29 is 61.0 Å². The molecule has 0 aromatic heterocycles. The summed E-state index contributed by atoms with van der Waals surface area (Å²) in [6.45, 7) is 3.58. The van der Waals surface area contributed by atoms with Crippen LogP contribution in [-0.2, 0) is 9.59 Å². The first-order chi connectivity index (χ1) is 7.74. The van der Waals surface area contributed by atoms with E-state index in [1.807, 2.05) is 4.90 Å². The van der Waals surface area contributed by atoms with Gasteiger partial charge in [0.25, 0.3) is 0 Å². The molecule has 0 bridgehead atoms. The largest absolute Gasteiger partial charge is 1.00 e. The Balaban J connectivity index is 0. The molecule has 0 spiro atoms. The predicted molar refractivity (Wildman–Crippen MR) is 64.2 cm³/mol. The minimum Gasteiger partial charge on any atom is -0.680 e. The molecule has 1 aliphatic rings. The van der Waals surface area contributed by atoms with Gasteiger partial charge in [-0.25, -0.2) is 0 Å². The van der Waals surface area contributed by atoms with E-state index in [-0.39, 0.29) is 57.3 Å². The predicted octanol–water partition coefficient (Wildman–Crippen LogP) is -2.20. The molecular weight excluding hydrogens is 245 g/mol. The van der Waals surface area contributed by atoms with Crippen LogP contribution in [0.2, 0.25) is 0 Å². The number of piperazine rings is 1. The third-order valence-corrected chi connectivity index (χ3v) is 2.57. The number of aldehydes is 1. The second-order valence-electron chi connectivity index (χ2n) is 3.74. The third kappa shape index (κ3) is 9.30. The number of unbranched alkanes of at least 4 members (excludes halogenated alkanes) is 1. The molecule has 6 heteroatoms. The number of likely N-dealkylation sites (N-methyl/N-ethyl adjacent to an activating group) is 1. The van der Waals surface area contributed by atoms with Crippen LogP contribution < -0.4 is 51.4 Å². The van der Waals surface area contributed by atoms with Crippen molar-refractivity contribution in [3.63, 3.8) is 0 Å². The van der Waals surface area contributed by atoms with Crippen molar-refractivity contribution in [3.8, 4) is 0 Å². The summed E-state index contributed by atoms with van der Waals surface area (Å²) in [6.07, 6.45) is 2.58. The summed E-state index contributed by atoms with van der Waals surface area (Å²) in [6, 6.07) is 0. The van der Waals surface area contributed by atoms with Crippen LogP contribution in [0.1, 0.15) is 19.3 Å². The Bertz CT molecular complexity index is 207. The standard InChI is InChI=1S/C10H18N2O2.CH4N.K/c1-11-5-7-12(8-6-11)10(14)4-2-3-9-13;1-2;/h9H,2-8H2,1H3;2H,1H3;/q;-1;+1. The van der Waals surface area contributed by atoms with E-state index < -0.39 is 0 Å². The molecule has 5 nitrogen and oxygen atoms in total. The van der Waals surface area contributed by atoms with E-state index in [1.165, 1.54) is 7.05 Å². The molecule has 0 atom stereocenters. The van der Waals surface area contributed by atoms with Crippen molar-refractivity contribution >= 4 is 12.2 Å². The average molecular weight is 267 g/mol. The van der Waals surface area contributed by atoms with Crippen LogP contribution in [-0.4, -0.2) is 62.3 Å². The fourth-order valence-corrected chi connectivity index (χ4v) is 1.55. The van der Waals surface area contributed by atoms with Gasteiger partial charge in [0.1, 0.15) is 6.29 Å². The Morgan fingerprint density at radius 1 is 1.24 bits per heavy atom. The van der Waals surface area contributed by atoms with Crippen LogP contribution in [0.25, 0.3) is 5.73 Å². The molecule has 0 aromatic carbocycles. The Morgan fingerprint density at radius 3 is 2.24 bits per heavy atom. The molecule has 94 valence electrons. The molecular formula is C11H22KN3O2. The van der Waals surface area contributed by atoms with Crippen molar-refractivity contribution in [2.75, 3.05) is 40.3 Å². The van der Waals surface area contributed by atoms with Crippen molar-refractivity contribution in [2.24, 2.45) is 0 Å². The van der Waals surface area contributed by atoms with Gasteiger partial charge in [-0.1, -0.05) is 0 Å². The van der Waals surface area contributed by atoms with Gasteiger partial charge in [-0.2, -0.15) is 7.05 Å². The SMILES string of the molecule is CN1CCN(C(=O)CCCC=O)CC1.C[NH-].[K+]. The summed E-state index contributed by atoms with van der Waals surface area (Å²) >= 11 is 0. The molecule has 1 rings (SSSR count). The molecule has 0 aliphatic carbocycles. The zero-order chi connectivity index (χ0) is 12.4. The second-order valence-corrected chi connectivity index (χ2v) is 3.74. The number of carbonyl (C=O) groups excluding carboxylic acids is 2. The Kier molecular flexibility index (Phi) is 15.5. The van der Waals surface area contributed by atoms with Gasteiger partial charge < -0.3 is 20.3 Å². The Labute approximate surface area is 146 Å². The first kappa shape index (κ1) is 20.0. The first-order valence-corrected chi connectivity index (χ1v) is 5.64. The van der Waals surface area contributed by atoms with E-state index in [1.54, 1.807) is 0 Å². The van der Waals surface area contributed by atoms with Crippen LogP contribution in [0.15, 0.2) is 0 Å². The van der Waals surface area contributed by atoms with Crippen LogP contribution in [0.5, 0.6) is 0 Å². The molecule has 1 saturated heterocycles. The quantitative estimate of drug-likeness (QED) is 0.330. The second kappa shape index (κ2) is 13.1. The van der Waals surface area contributed by atoms with Crippen molar-refractivity contribution in [1.82, 2.24) is 9.80 Å². The molecule has 0 aromatic rings. The first-order valence-electron chi connectivity index (χ1n) is 5.64. The molecule has 1 heterocycles. The van der Waals surface area contributed by atoms with Gasteiger partial charge in [-0.05, 0) is 13.5 Å². The number of hydrogen-bond acceptors (Lipinski definition) is 3. The van der Waals surface area contributed by atoms with Crippen LogP contribution in [0.3, 0.4) is 0 Å². The van der Waals surface area contributed by atoms with E-state index >= 15 is 0 Å². The summed E-state index contributed by atoms with van der Waals surface area (Å²) in [5, 5.41) is 0. The van der Waals surface area contributed by atoms with Crippen LogP contribution in [0.4, 0.5) is 0 Å². The Hall–Kier alpha value is 0.696. The van der Waals surface area contributed by atoms with E-state index in [9.17, 15) is 9.59 Å². The number of amides is 1. The van der Waals surface area contributed by atoms with Gasteiger partial charge in [-0.3, -0.25) is 4.79 Å². The smallest absolute Gasteiger partial charge is 0.680 e. The van der Waals surface area contributed by atoms with E-state index in [0.29, 0.717) is 19.3 Å². The van der Waals surface area contributed by atoms with E-state index in [4.69, 9.17) is 5.73 Å². The minimum atomic E-state index is 0. The zero-order valence-corrected chi connectivity index (χ0v) is 14.4. The fraction of sp³-hybridized carbons (Fsp3) is 0.818. The van der Waals surface area contributed by atoms with Gasteiger partial charge in [0.15, 0.2) is 0 Å². The Morgan fingerprint density at radius 2 is 1.76 bits per heavy atom. The van der Waals surface area contributed by atoms with Crippen LogP contribution >= 0.6 is 0 Å². The zero-order valence-electron chi connectivity index (χ0n) is 11.2. The normalized spacial score (nSPS) is 15.4. The molecule has 0 saturated carbocycles. The van der Waals surface area contributed by atoms with Gasteiger partial charge in [0, 0.05) is 39.0 Å². The van der Waals surface area contributed by atoms with Crippen molar-refractivity contribution in [2.45, 2.75) is 19.3 Å². The van der Waals surface area contributed by atoms with Crippen molar-refractivity contribution in [3.05, 3.63) is 5.73 Å². The maximum Gasteiger partial charge on any atom is 1.00 e. The molecule has 0 radical (unpaired) electrons. The maximum atomic E-state index is 11.6. The summed E-state index contributed by atoms with van der Waals surface area (Å²) in [7, 11) is 3.31. The van der Waals surface area contributed by atoms with Gasteiger partial charge >= 0.3 is 51.4 Å². The molecule has 17 heavy (non-hydrogen) atoms. The monoisotopic (exact) mass is 267 g/mol. The summed E-state index contributed by atoms with van der Waals surface area (Å²) in [4.78, 5) is 25.8. The van der Waals surface area contributed by atoms with E-state index in [2.05, 4.69) is 11.9 Å². The number of nitrogens with zero attached hydrogens (tertiary/aromatic N) is 2. The minimum absolute atomic E-state index is 0. The molecule has 1 aliphatic heterocycles. The number of nitrogens with one attached hydrogen (secondary N) is 1. The number of hydrogen-bond donors (Lipinski definition) is 0. The number of rotatable bonds is 4. The van der Waals surface area contributed by atoms with Gasteiger partial charge in [-0.15, -0.1) is 0 Å². The molecule has 1 fully saturated rings. The molecule has 0 unspecified atom stereocenters.